The van der Waals surface area contributed by atoms with Crippen LogP contribution in [0.1, 0.15) is 52.4 Å². The van der Waals surface area contributed by atoms with Gasteiger partial charge < -0.3 is 14.4 Å². The van der Waals surface area contributed by atoms with Crippen molar-refractivity contribution in [1.82, 2.24) is 15.0 Å². The molecule has 0 radical (unpaired) electrons. The number of rotatable bonds is 5. The molecule has 5 nitrogen and oxygen atoms in total. The standard InChI is InChI=1S/C18H13ClN2O2.C6H15N.C2H6/c1-11-15-17(20-23-11)16-13(19)8-5-9-14(16)21(18(15)22)10-12-6-3-2-4-7-12;1-4-6(3)7-5-2;1-2/h2-9H,10H2,1H3;6-7H,4-5H2,1-3H3;1-2H3. The van der Waals surface area contributed by atoms with Crippen LogP contribution in [0.3, 0.4) is 0 Å². The number of hydrogen-bond acceptors (Lipinski definition) is 4. The highest BCUT2D eigenvalue weighted by molar-refractivity contribution is 6.37. The second kappa shape index (κ2) is 12.4. The molecule has 6 heteroatoms. The quantitative estimate of drug-likeness (QED) is 0.369. The van der Waals surface area contributed by atoms with E-state index in [1.165, 1.54) is 6.42 Å². The van der Waals surface area contributed by atoms with Crippen LogP contribution >= 0.6 is 11.6 Å². The van der Waals surface area contributed by atoms with Crippen molar-refractivity contribution in [3.05, 3.63) is 75.2 Å². The summed E-state index contributed by atoms with van der Waals surface area (Å²) < 4.78 is 6.97. The fourth-order valence-electron chi connectivity index (χ4n) is 3.43. The molecular formula is C26H34ClN3O2. The molecule has 1 N–H and O–H groups in total. The van der Waals surface area contributed by atoms with Gasteiger partial charge >= 0.3 is 0 Å². The van der Waals surface area contributed by atoms with Gasteiger partial charge in [0.15, 0.2) is 0 Å². The number of nitrogens with zero attached hydrogens (tertiary/aromatic N) is 2. The second-order valence-electron chi connectivity index (χ2n) is 7.34. The van der Waals surface area contributed by atoms with Crippen molar-refractivity contribution >= 4 is 33.4 Å². The van der Waals surface area contributed by atoms with E-state index in [1.807, 2.05) is 56.3 Å². The van der Waals surface area contributed by atoms with Gasteiger partial charge in [0.05, 0.1) is 17.1 Å². The summed E-state index contributed by atoms with van der Waals surface area (Å²) in [6.45, 7) is 13.8. The van der Waals surface area contributed by atoms with E-state index in [4.69, 9.17) is 16.1 Å². The van der Waals surface area contributed by atoms with Gasteiger partial charge in [0.25, 0.3) is 5.56 Å². The van der Waals surface area contributed by atoms with Crippen LogP contribution < -0.4 is 10.9 Å². The summed E-state index contributed by atoms with van der Waals surface area (Å²) in [4.78, 5) is 13.0. The molecule has 0 amide bonds. The first-order valence-electron chi connectivity index (χ1n) is 11.3. The third-order valence-corrected chi connectivity index (χ3v) is 5.50. The second-order valence-corrected chi connectivity index (χ2v) is 7.75. The Kier molecular flexibility index (Phi) is 9.95. The SMILES string of the molecule is CC.CCNC(C)CC.Cc1onc2c1c(=O)n(Cc1ccccc1)c1cccc(Cl)c21. The van der Waals surface area contributed by atoms with Crippen LogP contribution in [0.4, 0.5) is 0 Å². The number of pyridine rings is 1. The Hall–Kier alpha value is -2.63. The van der Waals surface area contributed by atoms with E-state index in [2.05, 4.69) is 31.2 Å². The Morgan fingerprint density at radius 1 is 1.06 bits per heavy atom. The molecular weight excluding hydrogens is 422 g/mol. The molecule has 0 aliphatic heterocycles. The van der Waals surface area contributed by atoms with Crippen LogP contribution in [0.25, 0.3) is 21.8 Å². The van der Waals surface area contributed by atoms with Crippen molar-refractivity contribution in [2.24, 2.45) is 0 Å². The van der Waals surface area contributed by atoms with Crippen LogP contribution in [0.15, 0.2) is 57.8 Å². The number of halogens is 1. The molecule has 2 aromatic heterocycles. The van der Waals surface area contributed by atoms with Crippen LogP contribution in [-0.4, -0.2) is 22.3 Å². The zero-order chi connectivity index (χ0) is 23.7. The highest BCUT2D eigenvalue weighted by Crippen LogP contribution is 2.30. The molecule has 0 spiro atoms. The Labute approximate surface area is 195 Å². The van der Waals surface area contributed by atoms with Crippen LogP contribution in [-0.2, 0) is 6.54 Å². The van der Waals surface area contributed by atoms with E-state index >= 15 is 0 Å². The van der Waals surface area contributed by atoms with Gasteiger partial charge in [-0.1, -0.05) is 80.9 Å². The van der Waals surface area contributed by atoms with E-state index in [-0.39, 0.29) is 5.56 Å². The van der Waals surface area contributed by atoms with E-state index in [0.29, 0.717) is 34.3 Å². The number of hydrogen-bond donors (Lipinski definition) is 1. The smallest absolute Gasteiger partial charge is 0.264 e. The first-order valence-corrected chi connectivity index (χ1v) is 11.7. The van der Waals surface area contributed by atoms with Crippen molar-refractivity contribution in [2.75, 3.05) is 6.54 Å². The first-order chi connectivity index (χ1) is 15.5. The lowest BCUT2D eigenvalue weighted by Gasteiger charge is -2.12. The molecule has 32 heavy (non-hydrogen) atoms. The van der Waals surface area contributed by atoms with Crippen molar-refractivity contribution in [3.63, 3.8) is 0 Å². The molecule has 2 aromatic carbocycles. The van der Waals surface area contributed by atoms with Gasteiger partial charge in [0.1, 0.15) is 16.7 Å². The molecule has 0 saturated carbocycles. The summed E-state index contributed by atoms with van der Waals surface area (Å²) in [6.07, 6.45) is 1.23. The molecule has 0 aliphatic rings. The fraction of sp³-hybridized carbons (Fsp3) is 0.385. The average Bonchev–Trinajstić information content (AvgIpc) is 3.20. The maximum Gasteiger partial charge on any atom is 0.264 e. The lowest BCUT2D eigenvalue weighted by Crippen LogP contribution is -2.24. The van der Waals surface area contributed by atoms with E-state index in [1.54, 1.807) is 17.6 Å². The number of aryl methyl sites for hydroxylation is 1. The molecule has 1 atom stereocenters. The fourth-order valence-corrected chi connectivity index (χ4v) is 3.69. The molecule has 1 unspecified atom stereocenters. The molecule has 172 valence electrons. The molecule has 0 bridgehead atoms. The highest BCUT2D eigenvalue weighted by atomic mass is 35.5. The minimum absolute atomic E-state index is 0.114. The lowest BCUT2D eigenvalue weighted by atomic mass is 10.1. The van der Waals surface area contributed by atoms with E-state index < -0.39 is 0 Å². The summed E-state index contributed by atoms with van der Waals surface area (Å²) in [6, 6.07) is 16.1. The van der Waals surface area contributed by atoms with Crippen molar-refractivity contribution in [3.8, 4) is 0 Å². The maximum atomic E-state index is 13.0. The van der Waals surface area contributed by atoms with Gasteiger partial charge in [-0.15, -0.1) is 0 Å². The Balaban J connectivity index is 0.000000348. The van der Waals surface area contributed by atoms with Crippen molar-refractivity contribution < 1.29 is 4.52 Å². The summed E-state index contributed by atoms with van der Waals surface area (Å²) in [5.41, 5.74) is 2.21. The van der Waals surface area contributed by atoms with Crippen LogP contribution in [0.2, 0.25) is 5.02 Å². The van der Waals surface area contributed by atoms with E-state index in [0.717, 1.165) is 23.0 Å². The molecule has 0 fully saturated rings. The number of benzene rings is 2. The number of nitrogens with one attached hydrogen (secondary N) is 1. The Bertz CT molecular complexity index is 1180. The molecule has 2 heterocycles. The van der Waals surface area contributed by atoms with E-state index in [9.17, 15) is 4.79 Å². The maximum absolute atomic E-state index is 13.0. The molecule has 4 aromatic rings. The lowest BCUT2D eigenvalue weighted by molar-refractivity contribution is 0.406. The minimum atomic E-state index is -0.114. The summed E-state index contributed by atoms with van der Waals surface area (Å²) in [5.74, 6) is 0.508. The van der Waals surface area contributed by atoms with Gasteiger partial charge in [-0.25, -0.2) is 0 Å². The van der Waals surface area contributed by atoms with Crippen molar-refractivity contribution in [2.45, 2.75) is 60.5 Å². The largest absolute Gasteiger partial charge is 0.360 e. The average molecular weight is 456 g/mol. The Morgan fingerprint density at radius 3 is 2.34 bits per heavy atom. The predicted molar refractivity (Wildman–Crippen MR) is 136 cm³/mol. The van der Waals surface area contributed by atoms with Gasteiger partial charge in [-0.05, 0) is 44.5 Å². The molecule has 4 rings (SSSR count). The van der Waals surface area contributed by atoms with Gasteiger partial charge in [0, 0.05) is 11.4 Å². The zero-order valence-electron chi connectivity index (χ0n) is 19.9. The molecule has 0 aliphatic carbocycles. The third-order valence-electron chi connectivity index (χ3n) is 5.19. The number of fused-ring (bicyclic) bond motifs is 3. The van der Waals surface area contributed by atoms with Crippen molar-refractivity contribution in [1.29, 1.82) is 0 Å². The zero-order valence-corrected chi connectivity index (χ0v) is 20.7. The van der Waals surface area contributed by atoms with Crippen LogP contribution in [0, 0.1) is 6.92 Å². The normalized spacial score (nSPS) is 11.5. The first kappa shape index (κ1) is 25.6. The predicted octanol–water partition coefficient (Wildman–Crippen LogP) is 6.57. The van der Waals surface area contributed by atoms with Gasteiger partial charge in [-0.3, -0.25) is 4.79 Å². The summed E-state index contributed by atoms with van der Waals surface area (Å²) in [5, 5.41) is 9.13. The monoisotopic (exact) mass is 455 g/mol. The summed E-state index contributed by atoms with van der Waals surface area (Å²) >= 11 is 6.38. The summed E-state index contributed by atoms with van der Waals surface area (Å²) in [7, 11) is 0. The Morgan fingerprint density at radius 2 is 1.75 bits per heavy atom. The van der Waals surface area contributed by atoms with Gasteiger partial charge in [-0.2, -0.15) is 0 Å². The number of aromatic nitrogens is 2. The van der Waals surface area contributed by atoms with Crippen LogP contribution in [0.5, 0.6) is 0 Å². The van der Waals surface area contributed by atoms with Gasteiger partial charge in [0.2, 0.25) is 0 Å². The molecule has 0 saturated heterocycles. The third kappa shape index (κ3) is 5.78. The minimum Gasteiger partial charge on any atom is -0.360 e. The topological polar surface area (TPSA) is 60.1 Å². The highest BCUT2D eigenvalue weighted by Gasteiger charge is 2.18.